The van der Waals surface area contributed by atoms with Crippen LogP contribution in [0.15, 0.2) is 10.7 Å². The van der Waals surface area contributed by atoms with Gasteiger partial charge in [-0.2, -0.15) is 5.10 Å². The second-order valence-corrected chi connectivity index (χ2v) is 5.12. The highest BCUT2D eigenvalue weighted by Crippen LogP contribution is 2.18. The first-order valence-corrected chi connectivity index (χ1v) is 6.71. The van der Waals surface area contributed by atoms with Crippen molar-refractivity contribution in [2.75, 3.05) is 7.05 Å². The van der Waals surface area contributed by atoms with Crippen molar-refractivity contribution in [1.29, 1.82) is 0 Å². The fraction of sp³-hybridized carbons (Fsp3) is 0.667. The molecule has 0 spiro atoms. The molecule has 0 saturated carbocycles. The van der Waals surface area contributed by atoms with E-state index >= 15 is 0 Å². The van der Waals surface area contributed by atoms with Crippen LogP contribution in [0.3, 0.4) is 0 Å². The average Bonchev–Trinajstić information content (AvgIpc) is 2.62. The van der Waals surface area contributed by atoms with Gasteiger partial charge in [0.1, 0.15) is 0 Å². The third-order valence-electron chi connectivity index (χ3n) is 3.11. The fourth-order valence-electron chi connectivity index (χ4n) is 1.87. The van der Waals surface area contributed by atoms with E-state index in [9.17, 15) is 4.79 Å². The maximum Gasteiger partial charge on any atom is 0.225 e. The first-order chi connectivity index (χ1) is 8.01. The number of carbonyl (C=O) groups excluding carboxylic acids is 1. The highest BCUT2D eigenvalue weighted by Gasteiger charge is 2.20. The SMILES string of the molecule is CCC(CC)C(=O)N(C)Cc1c(Br)cnn1C. The van der Waals surface area contributed by atoms with Crippen molar-refractivity contribution in [1.82, 2.24) is 14.7 Å². The molecule has 96 valence electrons. The molecule has 1 rings (SSSR count). The lowest BCUT2D eigenvalue weighted by Gasteiger charge is -2.22. The number of hydrogen-bond donors (Lipinski definition) is 0. The molecule has 0 N–H and O–H groups in total. The zero-order valence-electron chi connectivity index (χ0n) is 10.9. The van der Waals surface area contributed by atoms with Crippen LogP contribution in [0.1, 0.15) is 32.4 Å². The van der Waals surface area contributed by atoms with Crippen LogP contribution in [0.5, 0.6) is 0 Å². The zero-order valence-corrected chi connectivity index (χ0v) is 12.5. The molecule has 0 aromatic carbocycles. The quantitative estimate of drug-likeness (QED) is 0.838. The largest absolute Gasteiger partial charge is 0.340 e. The molecule has 17 heavy (non-hydrogen) atoms. The van der Waals surface area contributed by atoms with E-state index in [0.717, 1.165) is 23.0 Å². The highest BCUT2D eigenvalue weighted by atomic mass is 79.9. The van der Waals surface area contributed by atoms with Gasteiger partial charge in [-0.15, -0.1) is 0 Å². The molecule has 0 aliphatic rings. The standard InChI is InChI=1S/C12H20BrN3O/c1-5-9(6-2)12(17)15(3)8-11-10(13)7-14-16(11)4/h7,9H,5-6,8H2,1-4H3. The normalized spacial score (nSPS) is 10.9. The average molecular weight is 302 g/mol. The van der Waals surface area contributed by atoms with Gasteiger partial charge in [-0.1, -0.05) is 13.8 Å². The van der Waals surface area contributed by atoms with Gasteiger partial charge in [-0.3, -0.25) is 9.48 Å². The molecular weight excluding hydrogens is 282 g/mol. The highest BCUT2D eigenvalue weighted by molar-refractivity contribution is 9.10. The number of halogens is 1. The maximum absolute atomic E-state index is 12.1. The van der Waals surface area contributed by atoms with Crippen molar-refractivity contribution < 1.29 is 4.79 Å². The van der Waals surface area contributed by atoms with Crippen LogP contribution in [0.4, 0.5) is 0 Å². The Hall–Kier alpha value is -0.840. The number of hydrogen-bond acceptors (Lipinski definition) is 2. The number of aromatic nitrogens is 2. The molecule has 1 aromatic rings. The predicted octanol–water partition coefficient (Wildman–Crippen LogP) is 2.58. The van der Waals surface area contributed by atoms with Gasteiger partial charge in [0.15, 0.2) is 0 Å². The Morgan fingerprint density at radius 2 is 2.12 bits per heavy atom. The smallest absolute Gasteiger partial charge is 0.225 e. The molecular formula is C12H20BrN3O. The van der Waals surface area contributed by atoms with E-state index in [1.165, 1.54) is 0 Å². The summed E-state index contributed by atoms with van der Waals surface area (Å²) in [6.07, 6.45) is 3.54. The Bertz CT molecular complexity index is 366. The van der Waals surface area contributed by atoms with Crippen molar-refractivity contribution in [3.8, 4) is 0 Å². The molecule has 1 amide bonds. The number of amides is 1. The van der Waals surface area contributed by atoms with E-state index in [1.54, 1.807) is 15.8 Å². The Morgan fingerprint density at radius 3 is 2.53 bits per heavy atom. The third-order valence-corrected chi connectivity index (χ3v) is 3.77. The summed E-state index contributed by atoms with van der Waals surface area (Å²) in [7, 11) is 3.73. The van der Waals surface area contributed by atoms with Gasteiger partial charge in [0.25, 0.3) is 0 Å². The molecule has 0 radical (unpaired) electrons. The second-order valence-electron chi connectivity index (χ2n) is 4.27. The first kappa shape index (κ1) is 14.2. The van der Waals surface area contributed by atoms with Crippen molar-refractivity contribution >= 4 is 21.8 Å². The summed E-state index contributed by atoms with van der Waals surface area (Å²) in [6.45, 7) is 4.70. The van der Waals surface area contributed by atoms with Gasteiger partial charge >= 0.3 is 0 Å². The fourth-order valence-corrected chi connectivity index (χ4v) is 2.34. The second kappa shape index (κ2) is 6.19. The van der Waals surface area contributed by atoms with Gasteiger partial charge in [0.05, 0.1) is 22.9 Å². The topological polar surface area (TPSA) is 38.1 Å². The van der Waals surface area contributed by atoms with E-state index in [4.69, 9.17) is 0 Å². The molecule has 0 fully saturated rings. The number of aryl methyl sites for hydroxylation is 1. The molecule has 0 aliphatic carbocycles. The van der Waals surface area contributed by atoms with Gasteiger partial charge in [0, 0.05) is 20.0 Å². The molecule has 0 aliphatic heterocycles. The lowest BCUT2D eigenvalue weighted by Crippen LogP contribution is -2.32. The van der Waals surface area contributed by atoms with Crippen molar-refractivity contribution in [3.63, 3.8) is 0 Å². The lowest BCUT2D eigenvalue weighted by molar-refractivity contribution is -0.135. The molecule has 0 unspecified atom stereocenters. The Kier molecular flexibility index (Phi) is 5.18. The number of carbonyl (C=O) groups is 1. The van der Waals surface area contributed by atoms with E-state index in [2.05, 4.69) is 34.9 Å². The monoisotopic (exact) mass is 301 g/mol. The van der Waals surface area contributed by atoms with Crippen LogP contribution in [0, 0.1) is 5.92 Å². The predicted molar refractivity (Wildman–Crippen MR) is 71.5 cm³/mol. The van der Waals surface area contributed by atoms with Crippen molar-refractivity contribution in [2.45, 2.75) is 33.2 Å². The summed E-state index contributed by atoms with van der Waals surface area (Å²) in [5, 5.41) is 4.15. The minimum atomic E-state index is 0.131. The molecule has 0 atom stereocenters. The van der Waals surface area contributed by atoms with Crippen molar-refractivity contribution in [3.05, 3.63) is 16.4 Å². The molecule has 4 nitrogen and oxygen atoms in total. The van der Waals surface area contributed by atoms with Crippen LogP contribution in [-0.4, -0.2) is 27.6 Å². The van der Waals surface area contributed by atoms with E-state index in [-0.39, 0.29) is 11.8 Å². The summed E-state index contributed by atoms with van der Waals surface area (Å²) in [4.78, 5) is 13.9. The summed E-state index contributed by atoms with van der Waals surface area (Å²) < 4.78 is 2.74. The molecule has 0 saturated heterocycles. The summed E-state index contributed by atoms with van der Waals surface area (Å²) >= 11 is 3.44. The Morgan fingerprint density at radius 1 is 1.53 bits per heavy atom. The molecule has 5 heteroatoms. The minimum absolute atomic E-state index is 0.131. The summed E-state index contributed by atoms with van der Waals surface area (Å²) in [6, 6.07) is 0. The van der Waals surface area contributed by atoms with Crippen LogP contribution < -0.4 is 0 Å². The first-order valence-electron chi connectivity index (χ1n) is 5.92. The van der Waals surface area contributed by atoms with Gasteiger partial charge < -0.3 is 4.90 Å². The molecule has 0 bridgehead atoms. The van der Waals surface area contributed by atoms with Crippen LogP contribution in [0.25, 0.3) is 0 Å². The van der Waals surface area contributed by atoms with Gasteiger partial charge in [0.2, 0.25) is 5.91 Å². The van der Waals surface area contributed by atoms with Gasteiger partial charge in [-0.05, 0) is 28.8 Å². The van der Waals surface area contributed by atoms with Gasteiger partial charge in [-0.25, -0.2) is 0 Å². The van der Waals surface area contributed by atoms with E-state index in [0.29, 0.717) is 6.54 Å². The molecule has 1 aromatic heterocycles. The zero-order chi connectivity index (χ0) is 13.0. The van der Waals surface area contributed by atoms with E-state index < -0.39 is 0 Å². The summed E-state index contributed by atoms with van der Waals surface area (Å²) in [5.41, 5.74) is 1.02. The third kappa shape index (κ3) is 3.31. The van der Waals surface area contributed by atoms with Crippen LogP contribution >= 0.6 is 15.9 Å². The van der Waals surface area contributed by atoms with Crippen LogP contribution in [-0.2, 0) is 18.4 Å². The number of nitrogens with zero attached hydrogens (tertiary/aromatic N) is 3. The van der Waals surface area contributed by atoms with E-state index in [1.807, 2.05) is 14.1 Å². The van der Waals surface area contributed by atoms with Crippen LogP contribution in [0.2, 0.25) is 0 Å². The Balaban J connectivity index is 2.72. The maximum atomic E-state index is 12.1. The minimum Gasteiger partial charge on any atom is -0.340 e. The Labute approximate surface area is 111 Å². The van der Waals surface area contributed by atoms with Crippen molar-refractivity contribution in [2.24, 2.45) is 13.0 Å². The summed E-state index contributed by atoms with van der Waals surface area (Å²) in [5.74, 6) is 0.343. The number of rotatable bonds is 5. The molecule has 1 heterocycles. The lowest BCUT2D eigenvalue weighted by atomic mass is 10.0.